The van der Waals surface area contributed by atoms with E-state index in [0.29, 0.717) is 30.4 Å². The van der Waals surface area contributed by atoms with Gasteiger partial charge in [0, 0.05) is 16.2 Å². The van der Waals surface area contributed by atoms with E-state index in [4.69, 9.17) is 9.47 Å². The lowest BCUT2D eigenvalue weighted by Gasteiger charge is -2.12. The quantitative estimate of drug-likeness (QED) is 0.555. The van der Waals surface area contributed by atoms with Crippen molar-refractivity contribution in [1.82, 2.24) is 10.4 Å². The van der Waals surface area contributed by atoms with Crippen LogP contribution in [0.3, 0.4) is 0 Å². The van der Waals surface area contributed by atoms with Gasteiger partial charge in [0.05, 0.1) is 18.9 Å². The molecule has 0 aliphatic carbocycles. The zero-order valence-corrected chi connectivity index (χ0v) is 15.4. The average molecular weight is 394 g/mol. The number of hydrazone groups is 1. The summed E-state index contributed by atoms with van der Waals surface area (Å²) in [6, 6.07) is 7.22. The van der Waals surface area contributed by atoms with Gasteiger partial charge in [0.1, 0.15) is 17.2 Å². The summed E-state index contributed by atoms with van der Waals surface area (Å²) in [5.74, 6) is 1.10. The Labute approximate surface area is 149 Å². The molecule has 2 aromatic rings. The Kier molecular flexibility index (Phi) is 6.43. The van der Waals surface area contributed by atoms with E-state index < -0.39 is 0 Å². The Hall–Kier alpha value is -2.28. The van der Waals surface area contributed by atoms with Crippen LogP contribution >= 0.6 is 15.9 Å². The Bertz CT molecular complexity index is 740. The Morgan fingerprint density at radius 1 is 1.25 bits per heavy atom. The molecule has 0 spiro atoms. The number of hydrogen-bond acceptors (Lipinski definition) is 4. The smallest absolute Gasteiger partial charge is 0.287 e. The molecule has 2 rings (SSSR count). The van der Waals surface area contributed by atoms with Crippen LogP contribution in [-0.2, 0) is 0 Å². The third-order valence-corrected chi connectivity index (χ3v) is 3.63. The lowest BCUT2D eigenvalue weighted by atomic mass is 10.1. The van der Waals surface area contributed by atoms with Crippen molar-refractivity contribution in [3.8, 4) is 11.5 Å². The maximum absolute atomic E-state index is 12.0. The molecule has 128 valence electrons. The number of carbonyl (C=O) groups is 1. The first-order valence-electron chi connectivity index (χ1n) is 7.63. The van der Waals surface area contributed by atoms with E-state index >= 15 is 0 Å². The third kappa shape index (κ3) is 4.61. The molecule has 0 saturated carbocycles. The van der Waals surface area contributed by atoms with E-state index in [0.717, 1.165) is 15.8 Å². The van der Waals surface area contributed by atoms with Gasteiger partial charge >= 0.3 is 0 Å². The molecule has 0 saturated heterocycles. The van der Waals surface area contributed by atoms with E-state index in [1.807, 2.05) is 32.0 Å². The second-order valence-electron chi connectivity index (χ2n) is 4.89. The van der Waals surface area contributed by atoms with Crippen LogP contribution in [0, 0.1) is 0 Å². The zero-order chi connectivity index (χ0) is 17.5. The molecule has 0 bridgehead atoms. The van der Waals surface area contributed by atoms with Gasteiger partial charge < -0.3 is 14.5 Å². The van der Waals surface area contributed by atoms with Crippen molar-refractivity contribution in [2.24, 2.45) is 5.10 Å². The van der Waals surface area contributed by atoms with Crippen molar-refractivity contribution in [3.05, 3.63) is 46.2 Å². The van der Waals surface area contributed by atoms with Gasteiger partial charge in [-0.25, -0.2) is 5.43 Å². The van der Waals surface area contributed by atoms with Crippen LogP contribution in [-0.4, -0.2) is 29.8 Å². The number of ether oxygens (including phenoxy) is 2. The molecule has 0 radical (unpaired) electrons. The first-order valence-corrected chi connectivity index (χ1v) is 8.43. The Morgan fingerprint density at radius 2 is 2.00 bits per heavy atom. The van der Waals surface area contributed by atoms with Gasteiger partial charge in [-0.05, 0) is 61.0 Å². The van der Waals surface area contributed by atoms with E-state index in [1.54, 1.807) is 19.2 Å². The number of nitrogens with zero attached hydrogens (tertiary/aromatic N) is 1. The minimum atomic E-state index is -0.320. The van der Waals surface area contributed by atoms with Crippen LogP contribution in [0.4, 0.5) is 0 Å². The van der Waals surface area contributed by atoms with Crippen LogP contribution < -0.4 is 14.9 Å². The van der Waals surface area contributed by atoms with Gasteiger partial charge in [-0.2, -0.15) is 5.10 Å². The molecule has 1 heterocycles. The van der Waals surface area contributed by atoms with Crippen molar-refractivity contribution in [2.75, 3.05) is 13.2 Å². The Morgan fingerprint density at radius 3 is 2.62 bits per heavy atom. The number of halogens is 1. The predicted octanol–water partition coefficient (Wildman–Crippen LogP) is 3.73. The molecular formula is C17H20BrN3O3. The van der Waals surface area contributed by atoms with Gasteiger partial charge in [-0.1, -0.05) is 0 Å². The zero-order valence-electron chi connectivity index (χ0n) is 13.9. The molecule has 0 aliphatic rings. The number of nitrogens with one attached hydrogen (secondary N) is 2. The fourth-order valence-electron chi connectivity index (χ4n) is 2.08. The van der Waals surface area contributed by atoms with E-state index in [1.165, 1.54) is 0 Å². The number of aromatic nitrogens is 1. The highest BCUT2D eigenvalue weighted by Gasteiger charge is 2.11. The molecular weight excluding hydrogens is 374 g/mol. The highest BCUT2D eigenvalue weighted by Crippen LogP contribution is 2.25. The summed E-state index contributed by atoms with van der Waals surface area (Å²) >= 11 is 3.29. The van der Waals surface area contributed by atoms with Gasteiger partial charge in [-0.3, -0.25) is 4.79 Å². The number of H-pyrrole nitrogens is 1. The monoisotopic (exact) mass is 393 g/mol. The number of aromatic amines is 1. The van der Waals surface area contributed by atoms with Gasteiger partial charge in [-0.15, -0.1) is 0 Å². The molecule has 6 nitrogen and oxygen atoms in total. The number of amides is 1. The topological polar surface area (TPSA) is 75.7 Å². The second kappa shape index (κ2) is 8.54. The SMILES string of the molecule is CCOc1ccc(OCC)c(/C(C)=N\NC(=O)c2cc(Br)c[nH]2)c1. The highest BCUT2D eigenvalue weighted by atomic mass is 79.9. The van der Waals surface area contributed by atoms with Crippen molar-refractivity contribution in [1.29, 1.82) is 0 Å². The molecule has 7 heteroatoms. The molecule has 0 fully saturated rings. The van der Waals surface area contributed by atoms with Crippen LogP contribution in [0.1, 0.15) is 36.8 Å². The standard InChI is InChI=1S/C17H20BrN3O3/c1-4-23-13-6-7-16(24-5-2)14(9-13)11(3)20-21-17(22)15-8-12(18)10-19-15/h6-10,19H,4-5H2,1-3H3,(H,21,22)/b20-11-. The summed E-state index contributed by atoms with van der Waals surface area (Å²) in [6.07, 6.45) is 1.68. The lowest BCUT2D eigenvalue weighted by Crippen LogP contribution is -2.19. The molecule has 24 heavy (non-hydrogen) atoms. The van der Waals surface area contributed by atoms with Crippen LogP contribution in [0.5, 0.6) is 11.5 Å². The average Bonchev–Trinajstić information content (AvgIpc) is 3.01. The maximum Gasteiger partial charge on any atom is 0.287 e. The van der Waals surface area contributed by atoms with Crippen LogP contribution in [0.25, 0.3) is 0 Å². The van der Waals surface area contributed by atoms with Gasteiger partial charge in [0.15, 0.2) is 0 Å². The fraction of sp³-hybridized carbons (Fsp3) is 0.294. The summed E-state index contributed by atoms with van der Waals surface area (Å²) in [4.78, 5) is 14.9. The number of hydrogen-bond donors (Lipinski definition) is 2. The summed E-state index contributed by atoms with van der Waals surface area (Å²) in [6.45, 7) is 6.75. The van der Waals surface area contributed by atoms with E-state index in [-0.39, 0.29) is 5.91 Å². The molecule has 0 atom stereocenters. The molecule has 1 aromatic carbocycles. The van der Waals surface area contributed by atoms with Gasteiger partial charge in [0.25, 0.3) is 5.91 Å². The van der Waals surface area contributed by atoms with E-state index in [2.05, 4.69) is 31.4 Å². The molecule has 1 aromatic heterocycles. The summed E-state index contributed by atoms with van der Waals surface area (Å²) in [5, 5.41) is 4.17. The van der Waals surface area contributed by atoms with Crippen molar-refractivity contribution in [2.45, 2.75) is 20.8 Å². The van der Waals surface area contributed by atoms with Crippen molar-refractivity contribution < 1.29 is 14.3 Å². The predicted molar refractivity (Wildman–Crippen MR) is 96.9 cm³/mol. The van der Waals surface area contributed by atoms with Crippen LogP contribution in [0.15, 0.2) is 40.0 Å². The van der Waals surface area contributed by atoms with E-state index in [9.17, 15) is 4.79 Å². The summed E-state index contributed by atoms with van der Waals surface area (Å²) in [7, 11) is 0. The maximum atomic E-state index is 12.0. The Balaban J connectivity index is 2.21. The van der Waals surface area contributed by atoms with Crippen molar-refractivity contribution in [3.63, 3.8) is 0 Å². The molecule has 2 N–H and O–H groups in total. The number of rotatable bonds is 7. The normalized spacial score (nSPS) is 11.2. The van der Waals surface area contributed by atoms with Crippen LogP contribution in [0.2, 0.25) is 0 Å². The second-order valence-corrected chi connectivity index (χ2v) is 5.81. The third-order valence-electron chi connectivity index (χ3n) is 3.17. The lowest BCUT2D eigenvalue weighted by molar-refractivity contribution is 0.0950. The largest absolute Gasteiger partial charge is 0.494 e. The number of carbonyl (C=O) groups excluding carboxylic acids is 1. The highest BCUT2D eigenvalue weighted by molar-refractivity contribution is 9.10. The minimum absolute atomic E-state index is 0.320. The molecule has 0 aliphatic heterocycles. The first-order chi connectivity index (χ1) is 11.5. The van der Waals surface area contributed by atoms with Gasteiger partial charge in [0.2, 0.25) is 0 Å². The molecule has 0 unspecified atom stereocenters. The molecule has 1 amide bonds. The van der Waals surface area contributed by atoms with Crippen molar-refractivity contribution >= 4 is 27.5 Å². The number of benzene rings is 1. The first kappa shape index (κ1) is 18.1. The summed E-state index contributed by atoms with van der Waals surface area (Å²) in [5.41, 5.74) is 4.35. The summed E-state index contributed by atoms with van der Waals surface area (Å²) < 4.78 is 11.9. The minimum Gasteiger partial charge on any atom is -0.494 e. The fourth-order valence-corrected chi connectivity index (χ4v) is 2.43.